The van der Waals surface area contributed by atoms with Crippen LogP contribution < -0.4 is 5.32 Å². The first-order chi connectivity index (χ1) is 11.6. The van der Waals surface area contributed by atoms with Crippen LogP contribution in [0, 0.1) is 5.92 Å². The number of anilines is 1. The minimum absolute atomic E-state index is 0.0692. The van der Waals surface area contributed by atoms with Crippen LogP contribution in [0.1, 0.15) is 39.9 Å². The van der Waals surface area contributed by atoms with Crippen LogP contribution in [0.4, 0.5) is 5.69 Å². The number of hydrogen-bond acceptors (Lipinski definition) is 2. The van der Waals surface area contributed by atoms with Gasteiger partial charge in [0, 0.05) is 10.4 Å². The van der Waals surface area contributed by atoms with Gasteiger partial charge in [-0.05, 0) is 47.7 Å². The van der Waals surface area contributed by atoms with Crippen molar-refractivity contribution in [3.05, 3.63) is 74.7 Å². The van der Waals surface area contributed by atoms with Crippen LogP contribution in [0.5, 0.6) is 0 Å². The Morgan fingerprint density at radius 2 is 1.96 bits per heavy atom. The second-order valence-corrected chi connectivity index (χ2v) is 7.54. The third kappa shape index (κ3) is 2.45. The van der Waals surface area contributed by atoms with Crippen LogP contribution in [0.15, 0.2) is 53.0 Å². The van der Waals surface area contributed by atoms with Crippen molar-refractivity contribution < 1.29 is 9.90 Å². The highest BCUT2D eigenvalue weighted by atomic mass is 79.9. The van der Waals surface area contributed by atoms with Crippen LogP contribution in [0.3, 0.4) is 0 Å². The fourth-order valence-corrected chi connectivity index (χ4v) is 4.34. The second kappa shape index (κ2) is 5.94. The van der Waals surface area contributed by atoms with Gasteiger partial charge in [0.25, 0.3) is 0 Å². The van der Waals surface area contributed by atoms with Crippen LogP contribution in [0.2, 0.25) is 5.02 Å². The summed E-state index contributed by atoms with van der Waals surface area (Å²) in [7, 11) is 0. The first kappa shape index (κ1) is 15.7. The predicted octanol–water partition coefficient (Wildman–Crippen LogP) is 5.63. The van der Waals surface area contributed by atoms with E-state index in [1.807, 2.05) is 12.1 Å². The highest BCUT2D eigenvalue weighted by Gasteiger charge is 2.40. The van der Waals surface area contributed by atoms with Gasteiger partial charge in [0.2, 0.25) is 0 Å². The third-order valence-corrected chi connectivity index (χ3v) is 5.77. The summed E-state index contributed by atoms with van der Waals surface area (Å²) in [6.45, 7) is 0. The van der Waals surface area contributed by atoms with Gasteiger partial charge in [-0.15, -0.1) is 0 Å². The zero-order chi connectivity index (χ0) is 16.8. The quantitative estimate of drug-likeness (QED) is 0.638. The average Bonchev–Trinajstić information content (AvgIpc) is 3.05. The first-order valence-corrected chi connectivity index (χ1v) is 8.97. The van der Waals surface area contributed by atoms with Crippen molar-refractivity contribution in [3.63, 3.8) is 0 Å². The Balaban J connectivity index is 1.86. The molecule has 0 bridgehead atoms. The summed E-state index contributed by atoms with van der Waals surface area (Å²) in [4.78, 5) is 11.7. The fourth-order valence-electron chi connectivity index (χ4n) is 3.86. The standard InChI is InChI=1S/C19H15BrClNO2/c20-11-6-4-10(5-7-11)17-13-3-1-2-12(13)16-14(19(23)24)8-9-15(21)18(16)22-17/h1-2,4-9,12-13,17,22H,3H2,(H,23,24)/t12-,13+,17-/m1/s1. The van der Waals surface area contributed by atoms with Crippen LogP contribution in [0.25, 0.3) is 0 Å². The molecule has 1 heterocycles. The summed E-state index contributed by atoms with van der Waals surface area (Å²) in [6.07, 6.45) is 5.19. The molecule has 24 heavy (non-hydrogen) atoms. The molecule has 2 aromatic carbocycles. The number of halogens is 2. The number of carboxylic acid groups (broad SMARTS) is 1. The van der Waals surface area contributed by atoms with Crippen molar-refractivity contribution in [3.8, 4) is 0 Å². The normalized spacial score (nSPS) is 24.2. The molecule has 0 saturated carbocycles. The summed E-state index contributed by atoms with van der Waals surface area (Å²) in [5.74, 6) is -0.555. The van der Waals surface area contributed by atoms with E-state index in [0.717, 1.165) is 22.1 Å². The van der Waals surface area contributed by atoms with Crippen LogP contribution >= 0.6 is 27.5 Å². The van der Waals surface area contributed by atoms with E-state index < -0.39 is 5.97 Å². The monoisotopic (exact) mass is 403 g/mol. The van der Waals surface area contributed by atoms with Crippen molar-refractivity contribution in [1.82, 2.24) is 0 Å². The third-order valence-electron chi connectivity index (χ3n) is 4.93. The first-order valence-electron chi connectivity index (χ1n) is 7.80. The molecule has 1 aliphatic carbocycles. The van der Waals surface area contributed by atoms with Crippen molar-refractivity contribution in [2.24, 2.45) is 5.92 Å². The Bertz CT molecular complexity index is 847. The van der Waals surface area contributed by atoms with Crippen molar-refractivity contribution >= 4 is 39.2 Å². The van der Waals surface area contributed by atoms with Gasteiger partial charge in [0.05, 0.1) is 22.3 Å². The number of carboxylic acids is 1. The smallest absolute Gasteiger partial charge is 0.336 e. The van der Waals surface area contributed by atoms with Crippen molar-refractivity contribution in [2.45, 2.75) is 18.4 Å². The van der Waals surface area contributed by atoms with E-state index in [1.54, 1.807) is 12.1 Å². The molecule has 2 aliphatic rings. The average molecular weight is 405 g/mol. The summed E-state index contributed by atoms with van der Waals surface area (Å²) in [5.41, 5.74) is 3.07. The summed E-state index contributed by atoms with van der Waals surface area (Å²) in [6, 6.07) is 11.6. The minimum atomic E-state index is -0.911. The molecule has 3 atom stereocenters. The molecule has 0 unspecified atom stereocenters. The SMILES string of the molecule is O=C(O)c1ccc(Cl)c2c1[C@@H]1C=CC[C@@H]1[C@@H](c1ccc(Br)cc1)N2. The molecular weight excluding hydrogens is 390 g/mol. The lowest BCUT2D eigenvalue weighted by Gasteiger charge is -2.38. The van der Waals surface area contributed by atoms with E-state index in [4.69, 9.17) is 11.6 Å². The van der Waals surface area contributed by atoms with Gasteiger partial charge in [0.15, 0.2) is 0 Å². The van der Waals surface area contributed by atoms with Crippen molar-refractivity contribution in [2.75, 3.05) is 5.32 Å². The van der Waals surface area contributed by atoms with Gasteiger partial charge < -0.3 is 10.4 Å². The van der Waals surface area contributed by atoms with Gasteiger partial charge >= 0.3 is 5.97 Å². The number of benzene rings is 2. The van der Waals surface area contributed by atoms with Gasteiger partial charge in [-0.1, -0.05) is 51.8 Å². The van der Waals surface area contributed by atoms with E-state index in [1.165, 1.54) is 5.56 Å². The number of allylic oxidation sites excluding steroid dienone is 2. The maximum absolute atomic E-state index is 11.7. The van der Waals surface area contributed by atoms with E-state index in [-0.39, 0.29) is 17.9 Å². The maximum Gasteiger partial charge on any atom is 0.336 e. The Kier molecular flexibility index (Phi) is 3.89. The molecule has 1 aliphatic heterocycles. The molecule has 0 aromatic heterocycles. The number of rotatable bonds is 2. The molecule has 0 fully saturated rings. The summed E-state index contributed by atoms with van der Waals surface area (Å²) >= 11 is 9.87. The number of fused-ring (bicyclic) bond motifs is 3. The molecule has 2 aromatic rings. The number of hydrogen-bond donors (Lipinski definition) is 2. The highest BCUT2D eigenvalue weighted by molar-refractivity contribution is 9.10. The molecule has 0 radical (unpaired) electrons. The summed E-state index contributed by atoms with van der Waals surface area (Å²) in [5, 5.41) is 13.6. The van der Waals surface area contributed by atoms with Gasteiger partial charge in [-0.25, -0.2) is 4.79 Å². The van der Waals surface area contributed by atoms with Crippen molar-refractivity contribution in [1.29, 1.82) is 0 Å². The number of nitrogens with one attached hydrogen (secondary N) is 1. The molecule has 122 valence electrons. The lowest BCUT2D eigenvalue weighted by atomic mass is 9.75. The lowest BCUT2D eigenvalue weighted by molar-refractivity contribution is 0.0695. The zero-order valence-electron chi connectivity index (χ0n) is 12.7. The molecule has 4 rings (SSSR count). The van der Waals surface area contributed by atoms with Gasteiger partial charge in [-0.2, -0.15) is 0 Å². The molecule has 0 spiro atoms. The number of carbonyl (C=O) groups is 1. The van der Waals surface area contributed by atoms with Gasteiger partial charge in [0.1, 0.15) is 0 Å². The fraction of sp³-hybridized carbons (Fsp3) is 0.211. The Morgan fingerprint density at radius 1 is 1.21 bits per heavy atom. The Hall–Kier alpha value is -1.78. The van der Waals surface area contributed by atoms with E-state index in [0.29, 0.717) is 10.6 Å². The molecule has 0 amide bonds. The highest BCUT2D eigenvalue weighted by Crippen LogP contribution is 2.52. The molecule has 5 heteroatoms. The molecule has 2 N–H and O–H groups in total. The van der Waals surface area contributed by atoms with E-state index in [2.05, 4.69) is 45.5 Å². The molecule has 3 nitrogen and oxygen atoms in total. The Labute approximate surface area is 153 Å². The topological polar surface area (TPSA) is 49.3 Å². The molecule has 0 saturated heterocycles. The molecular formula is C19H15BrClNO2. The minimum Gasteiger partial charge on any atom is -0.478 e. The number of aromatic carboxylic acids is 1. The maximum atomic E-state index is 11.7. The Morgan fingerprint density at radius 3 is 2.67 bits per heavy atom. The predicted molar refractivity (Wildman–Crippen MR) is 98.9 cm³/mol. The summed E-state index contributed by atoms with van der Waals surface area (Å²) < 4.78 is 1.04. The van der Waals surface area contributed by atoms with Gasteiger partial charge in [-0.3, -0.25) is 0 Å². The lowest BCUT2D eigenvalue weighted by Crippen LogP contribution is -2.30. The second-order valence-electron chi connectivity index (χ2n) is 6.22. The van der Waals surface area contributed by atoms with Crippen LogP contribution in [-0.2, 0) is 0 Å². The van der Waals surface area contributed by atoms with E-state index in [9.17, 15) is 9.90 Å². The van der Waals surface area contributed by atoms with E-state index >= 15 is 0 Å². The zero-order valence-corrected chi connectivity index (χ0v) is 15.0. The largest absolute Gasteiger partial charge is 0.478 e. The van der Waals surface area contributed by atoms with Crippen LogP contribution in [-0.4, -0.2) is 11.1 Å².